The number of nitrogens with one attached hydrogen (secondary N) is 1. The standard InChI is InChI=1S/C22H20ClN3O2/c23-17-6-3-5-16(13-17)14-21-25-19-8-1-2-9-20(19)26(21)11-10-22(27)24-15-18-7-4-12-28-18/h1-9,12-13H,10-11,14-15H2,(H,24,27). The van der Waals surface area contributed by atoms with E-state index in [2.05, 4.69) is 9.88 Å². The summed E-state index contributed by atoms with van der Waals surface area (Å²) in [4.78, 5) is 17.1. The van der Waals surface area contributed by atoms with Crippen LogP contribution in [0.15, 0.2) is 71.3 Å². The third kappa shape index (κ3) is 4.26. The molecule has 0 fully saturated rings. The van der Waals surface area contributed by atoms with Crippen molar-refractivity contribution in [3.8, 4) is 0 Å². The molecule has 4 aromatic rings. The number of hydrogen-bond acceptors (Lipinski definition) is 3. The fourth-order valence-corrected chi connectivity index (χ4v) is 3.45. The zero-order valence-electron chi connectivity index (χ0n) is 15.3. The molecular weight excluding hydrogens is 374 g/mol. The maximum atomic E-state index is 12.3. The van der Waals surface area contributed by atoms with E-state index in [1.807, 2.05) is 54.6 Å². The first-order valence-electron chi connectivity index (χ1n) is 9.17. The van der Waals surface area contributed by atoms with Gasteiger partial charge >= 0.3 is 0 Å². The molecule has 0 aliphatic heterocycles. The van der Waals surface area contributed by atoms with Crippen molar-refractivity contribution in [3.05, 3.63) is 89.1 Å². The number of aryl methyl sites for hydroxylation is 1. The van der Waals surface area contributed by atoms with Crippen LogP contribution in [0.3, 0.4) is 0 Å². The summed E-state index contributed by atoms with van der Waals surface area (Å²) >= 11 is 6.12. The van der Waals surface area contributed by atoms with Crippen LogP contribution >= 0.6 is 11.6 Å². The van der Waals surface area contributed by atoms with E-state index >= 15 is 0 Å². The van der Waals surface area contributed by atoms with Crippen LogP contribution in [-0.4, -0.2) is 15.5 Å². The van der Waals surface area contributed by atoms with Gasteiger partial charge in [-0.1, -0.05) is 35.9 Å². The third-order valence-electron chi connectivity index (χ3n) is 4.59. The zero-order valence-corrected chi connectivity index (χ0v) is 16.0. The van der Waals surface area contributed by atoms with Crippen LogP contribution in [0.4, 0.5) is 0 Å². The third-order valence-corrected chi connectivity index (χ3v) is 4.82. The van der Waals surface area contributed by atoms with E-state index in [4.69, 9.17) is 21.0 Å². The SMILES string of the molecule is O=C(CCn1c(Cc2cccc(Cl)c2)nc2ccccc21)NCc1ccco1. The van der Waals surface area contributed by atoms with Crippen LogP contribution in [0.25, 0.3) is 11.0 Å². The Kier molecular flexibility index (Phi) is 5.44. The molecule has 142 valence electrons. The molecule has 0 spiro atoms. The van der Waals surface area contributed by atoms with E-state index in [1.54, 1.807) is 12.3 Å². The molecular formula is C22H20ClN3O2. The van der Waals surface area contributed by atoms with Crippen molar-refractivity contribution in [2.45, 2.75) is 25.9 Å². The Hall–Kier alpha value is -3.05. The van der Waals surface area contributed by atoms with Gasteiger partial charge in [-0.15, -0.1) is 0 Å². The molecule has 0 aliphatic rings. The lowest BCUT2D eigenvalue weighted by Gasteiger charge is -2.10. The number of hydrogen-bond donors (Lipinski definition) is 1. The number of furan rings is 1. The highest BCUT2D eigenvalue weighted by atomic mass is 35.5. The fourth-order valence-electron chi connectivity index (χ4n) is 3.24. The summed E-state index contributed by atoms with van der Waals surface area (Å²) in [5, 5.41) is 3.59. The van der Waals surface area contributed by atoms with Crippen molar-refractivity contribution in [1.29, 1.82) is 0 Å². The van der Waals surface area contributed by atoms with Crippen LogP contribution in [0.2, 0.25) is 5.02 Å². The highest BCUT2D eigenvalue weighted by molar-refractivity contribution is 6.30. The molecule has 2 aromatic carbocycles. The van der Waals surface area contributed by atoms with Crippen molar-refractivity contribution < 1.29 is 9.21 Å². The lowest BCUT2D eigenvalue weighted by molar-refractivity contribution is -0.121. The Morgan fingerprint density at radius 2 is 2.00 bits per heavy atom. The molecule has 5 nitrogen and oxygen atoms in total. The van der Waals surface area contributed by atoms with Gasteiger partial charge in [0.1, 0.15) is 11.6 Å². The number of amides is 1. The van der Waals surface area contributed by atoms with Crippen molar-refractivity contribution in [2.24, 2.45) is 0 Å². The summed E-state index contributed by atoms with van der Waals surface area (Å²) in [6.07, 6.45) is 2.62. The van der Waals surface area contributed by atoms with E-state index in [-0.39, 0.29) is 5.91 Å². The van der Waals surface area contributed by atoms with Gasteiger partial charge in [-0.3, -0.25) is 4.79 Å². The quantitative estimate of drug-likeness (QED) is 0.500. The van der Waals surface area contributed by atoms with Gasteiger partial charge in [-0.2, -0.15) is 0 Å². The minimum absolute atomic E-state index is 0.0251. The number of aromatic nitrogens is 2. The first-order valence-corrected chi connectivity index (χ1v) is 9.54. The number of nitrogens with zero attached hydrogens (tertiary/aromatic N) is 2. The molecule has 0 atom stereocenters. The number of para-hydroxylation sites is 2. The predicted molar refractivity (Wildman–Crippen MR) is 109 cm³/mol. The molecule has 0 radical (unpaired) electrons. The highest BCUT2D eigenvalue weighted by Gasteiger charge is 2.13. The average molecular weight is 394 g/mol. The van der Waals surface area contributed by atoms with Gasteiger partial charge in [0.05, 0.1) is 23.8 Å². The fraction of sp³-hybridized carbons (Fsp3) is 0.182. The molecule has 6 heteroatoms. The summed E-state index contributed by atoms with van der Waals surface area (Å²) in [7, 11) is 0. The lowest BCUT2D eigenvalue weighted by atomic mass is 10.1. The van der Waals surface area contributed by atoms with Gasteiger partial charge in [-0.05, 0) is 42.0 Å². The van der Waals surface area contributed by atoms with Crippen LogP contribution in [0.5, 0.6) is 0 Å². The van der Waals surface area contributed by atoms with Crippen molar-refractivity contribution in [2.75, 3.05) is 0 Å². The Labute approximate surface area is 167 Å². The average Bonchev–Trinajstić information content (AvgIpc) is 3.32. The van der Waals surface area contributed by atoms with Gasteiger partial charge in [-0.25, -0.2) is 4.98 Å². The Bertz CT molecular complexity index is 1090. The summed E-state index contributed by atoms with van der Waals surface area (Å²) in [6, 6.07) is 19.4. The first kappa shape index (κ1) is 18.3. The minimum Gasteiger partial charge on any atom is -0.467 e. The number of carbonyl (C=O) groups is 1. The second kappa shape index (κ2) is 8.31. The number of imidazole rings is 1. The summed E-state index contributed by atoms with van der Waals surface area (Å²) in [5.41, 5.74) is 3.04. The highest BCUT2D eigenvalue weighted by Crippen LogP contribution is 2.20. The molecule has 0 aliphatic carbocycles. The van der Waals surface area contributed by atoms with Crippen LogP contribution in [0, 0.1) is 0 Å². The summed E-state index contributed by atoms with van der Waals surface area (Å²) < 4.78 is 7.36. The lowest BCUT2D eigenvalue weighted by Crippen LogP contribution is -2.24. The van der Waals surface area contributed by atoms with E-state index in [1.165, 1.54) is 0 Å². The number of fused-ring (bicyclic) bond motifs is 1. The van der Waals surface area contributed by atoms with Crippen molar-refractivity contribution >= 4 is 28.5 Å². The molecule has 2 aromatic heterocycles. The first-order chi connectivity index (χ1) is 13.7. The molecule has 0 bridgehead atoms. The van der Waals surface area contributed by atoms with Crippen LogP contribution in [-0.2, 0) is 24.3 Å². The Morgan fingerprint density at radius 3 is 2.82 bits per heavy atom. The van der Waals surface area contributed by atoms with Gasteiger partial charge in [0, 0.05) is 24.4 Å². The molecule has 0 saturated carbocycles. The van der Waals surface area contributed by atoms with E-state index < -0.39 is 0 Å². The number of benzene rings is 2. The van der Waals surface area contributed by atoms with Crippen LogP contribution in [0.1, 0.15) is 23.6 Å². The van der Waals surface area contributed by atoms with Gasteiger partial charge < -0.3 is 14.3 Å². The van der Waals surface area contributed by atoms with E-state index in [9.17, 15) is 4.79 Å². The smallest absolute Gasteiger partial charge is 0.222 e. The Balaban J connectivity index is 1.50. The maximum Gasteiger partial charge on any atom is 0.222 e. The van der Waals surface area contributed by atoms with Crippen molar-refractivity contribution in [1.82, 2.24) is 14.9 Å². The number of rotatable bonds is 7. The summed E-state index contributed by atoms with van der Waals surface area (Å²) in [6.45, 7) is 0.951. The molecule has 0 saturated heterocycles. The zero-order chi connectivity index (χ0) is 19.3. The maximum absolute atomic E-state index is 12.3. The van der Waals surface area contributed by atoms with E-state index in [0.29, 0.717) is 31.0 Å². The number of halogens is 1. The molecule has 1 N–H and O–H groups in total. The molecule has 2 heterocycles. The molecule has 1 amide bonds. The molecule has 0 unspecified atom stereocenters. The predicted octanol–water partition coefficient (Wildman–Crippen LogP) is 4.58. The summed E-state index contributed by atoms with van der Waals surface area (Å²) in [5.74, 6) is 1.63. The molecule has 28 heavy (non-hydrogen) atoms. The normalized spacial score (nSPS) is 11.0. The Morgan fingerprint density at radius 1 is 1.11 bits per heavy atom. The minimum atomic E-state index is -0.0251. The van der Waals surface area contributed by atoms with Gasteiger partial charge in [0.25, 0.3) is 0 Å². The topological polar surface area (TPSA) is 60.1 Å². The van der Waals surface area contributed by atoms with Gasteiger partial charge in [0.15, 0.2) is 0 Å². The largest absolute Gasteiger partial charge is 0.467 e. The molecule has 4 rings (SSSR count). The van der Waals surface area contributed by atoms with Crippen LogP contribution < -0.4 is 5.32 Å². The van der Waals surface area contributed by atoms with Crippen molar-refractivity contribution in [3.63, 3.8) is 0 Å². The number of carbonyl (C=O) groups excluding carboxylic acids is 1. The van der Waals surface area contributed by atoms with Gasteiger partial charge in [0.2, 0.25) is 5.91 Å². The monoisotopic (exact) mass is 393 g/mol. The second-order valence-corrected chi connectivity index (χ2v) is 7.02. The second-order valence-electron chi connectivity index (χ2n) is 6.58. The van der Waals surface area contributed by atoms with E-state index in [0.717, 1.165) is 28.2 Å².